The Morgan fingerprint density at radius 1 is 0.941 bits per heavy atom. The van der Waals surface area contributed by atoms with Gasteiger partial charge in [-0.05, 0) is 31.8 Å². The third kappa shape index (κ3) is 11.5. The van der Waals surface area contributed by atoms with Gasteiger partial charge in [-0.15, -0.1) is 0 Å². The first-order chi connectivity index (χ1) is 8.35. The van der Waals surface area contributed by atoms with Gasteiger partial charge in [0.15, 0.2) is 0 Å². The summed E-state index contributed by atoms with van der Waals surface area (Å²) >= 11 is 0. The van der Waals surface area contributed by atoms with Crippen LogP contribution >= 0.6 is 0 Å². The van der Waals surface area contributed by atoms with E-state index in [9.17, 15) is 0 Å². The van der Waals surface area contributed by atoms with E-state index in [4.69, 9.17) is 0 Å². The van der Waals surface area contributed by atoms with Gasteiger partial charge in [-0.3, -0.25) is 0 Å². The zero-order chi connectivity index (χ0) is 12.8. The molecular weight excluding hydrogens is 204 g/mol. The van der Waals surface area contributed by atoms with Gasteiger partial charge < -0.3 is 0 Å². The maximum absolute atomic E-state index is 2.33. The van der Waals surface area contributed by atoms with Gasteiger partial charge in [0, 0.05) is 0 Å². The molecule has 0 aromatic heterocycles. The second-order valence-electron chi connectivity index (χ2n) is 4.58. The van der Waals surface area contributed by atoms with E-state index in [-0.39, 0.29) is 0 Å². The van der Waals surface area contributed by atoms with Crippen molar-refractivity contribution in [1.29, 1.82) is 0 Å². The summed E-state index contributed by atoms with van der Waals surface area (Å²) in [6.07, 6.45) is 21.7. The SMILES string of the molecule is C/C=C/C=C(\C=C/CCCCCCCC)CC. The number of rotatable bonds is 10. The third-order valence-electron chi connectivity index (χ3n) is 2.97. The summed E-state index contributed by atoms with van der Waals surface area (Å²) in [5.41, 5.74) is 1.43. The van der Waals surface area contributed by atoms with Crippen molar-refractivity contribution in [2.24, 2.45) is 0 Å². The van der Waals surface area contributed by atoms with Crippen molar-refractivity contribution < 1.29 is 0 Å². The highest BCUT2D eigenvalue weighted by Crippen LogP contribution is 2.09. The lowest BCUT2D eigenvalue weighted by atomic mass is 10.1. The lowest BCUT2D eigenvalue weighted by Crippen LogP contribution is -1.78. The van der Waals surface area contributed by atoms with E-state index in [0.717, 1.165) is 6.42 Å². The highest BCUT2D eigenvalue weighted by molar-refractivity contribution is 5.23. The fourth-order valence-electron chi connectivity index (χ4n) is 1.79. The van der Waals surface area contributed by atoms with Gasteiger partial charge in [0.1, 0.15) is 0 Å². The molecule has 0 nitrogen and oxygen atoms in total. The molecule has 0 aliphatic heterocycles. The predicted molar refractivity (Wildman–Crippen MR) is 80.3 cm³/mol. The maximum Gasteiger partial charge on any atom is -0.0308 e. The lowest BCUT2D eigenvalue weighted by molar-refractivity contribution is 0.611. The number of allylic oxidation sites excluding steroid dienone is 6. The maximum atomic E-state index is 2.33. The zero-order valence-corrected chi connectivity index (χ0v) is 12.0. The molecule has 0 heteroatoms. The highest BCUT2D eigenvalue weighted by Gasteiger charge is 1.89. The molecule has 0 aromatic rings. The Labute approximate surface area is 109 Å². The molecule has 98 valence electrons. The van der Waals surface area contributed by atoms with Gasteiger partial charge in [0.2, 0.25) is 0 Å². The van der Waals surface area contributed by atoms with Crippen molar-refractivity contribution in [2.75, 3.05) is 0 Å². The molecule has 0 saturated heterocycles. The van der Waals surface area contributed by atoms with Crippen LogP contribution in [0.3, 0.4) is 0 Å². The van der Waals surface area contributed by atoms with Crippen LogP contribution in [0.4, 0.5) is 0 Å². The van der Waals surface area contributed by atoms with Crippen LogP contribution in [0.15, 0.2) is 36.0 Å². The molecule has 0 saturated carbocycles. The molecule has 0 radical (unpaired) electrons. The van der Waals surface area contributed by atoms with Gasteiger partial charge in [0.25, 0.3) is 0 Å². The molecule has 17 heavy (non-hydrogen) atoms. The monoisotopic (exact) mass is 234 g/mol. The van der Waals surface area contributed by atoms with Crippen LogP contribution in [-0.2, 0) is 0 Å². The molecule has 0 aliphatic rings. The standard InChI is InChI=1S/C17H30/c1-4-7-9-10-11-12-13-14-16-17(6-3)15-8-5-2/h5,8,14-16H,4,6-7,9-13H2,1-3H3/b8-5+,16-14-,17-15-. The second kappa shape index (κ2) is 13.3. The molecule has 0 N–H and O–H groups in total. The molecule has 0 heterocycles. The van der Waals surface area contributed by atoms with Crippen LogP contribution in [0.5, 0.6) is 0 Å². The van der Waals surface area contributed by atoms with Crippen molar-refractivity contribution in [2.45, 2.75) is 72.1 Å². The third-order valence-corrected chi connectivity index (χ3v) is 2.97. The summed E-state index contributed by atoms with van der Waals surface area (Å²) in [6.45, 7) is 6.54. The first kappa shape index (κ1) is 16.2. The van der Waals surface area contributed by atoms with Gasteiger partial charge in [-0.2, -0.15) is 0 Å². The van der Waals surface area contributed by atoms with Crippen molar-refractivity contribution in [3.63, 3.8) is 0 Å². The van der Waals surface area contributed by atoms with Crippen LogP contribution in [0.1, 0.15) is 72.1 Å². The quantitative estimate of drug-likeness (QED) is 0.311. The van der Waals surface area contributed by atoms with E-state index in [1.165, 1.54) is 50.5 Å². The molecule has 0 fully saturated rings. The van der Waals surface area contributed by atoms with Crippen molar-refractivity contribution in [3.8, 4) is 0 Å². The number of hydrogen-bond donors (Lipinski definition) is 0. The fourth-order valence-corrected chi connectivity index (χ4v) is 1.79. The molecule has 0 spiro atoms. The van der Waals surface area contributed by atoms with E-state index in [1.807, 2.05) is 0 Å². The molecule has 0 amide bonds. The topological polar surface area (TPSA) is 0 Å². The Bertz CT molecular complexity index is 230. The van der Waals surface area contributed by atoms with Crippen molar-refractivity contribution in [3.05, 3.63) is 36.0 Å². The van der Waals surface area contributed by atoms with E-state index in [1.54, 1.807) is 0 Å². The van der Waals surface area contributed by atoms with E-state index >= 15 is 0 Å². The van der Waals surface area contributed by atoms with Crippen LogP contribution in [0.2, 0.25) is 0 Å². The summed E-state index contributed by atoms with van der Waals surface area (Å²) in [5.74, 6) is 0. The minimum absolute atomic E-state index is 1.12. The Morgan fingerprint density at radius 2 is 1.65 bits per heavy atom. The second-order valence-corrected chi connectivity index (χ2v) is 4.58. The van der Waals surface area contributed by atoms with Crippen LogP contribution in [0, 0.1) is 0 Å². The van der Waals surface area contributed by atoms with Gasteiger partial charge in [0.05, 0.1) is 0 Å². The molecule has 0 aliphatic carbocycles. The first-order valence-corrected chi connectivity index (χ1v) is 7.33. The lowest BCUT2D eigenvalue weighted by Gasteiger charge is -1.98. The van der Waals surface area contributed by atoms with Gasteiger partial charge in [-0.1, -0.05) is 76.3 Å². The Morgan fingerprint density at radius 3 is 2.29 bits per heavy atom. The summed E-state index contributed by atoms with van der Waals surface area (Å²) < 4.78 is 0. The van der Waals surface area contributed by atoms with E-state index in [0.29, 0.717) is 0 Å². The van der Waals surface area contributed by atoms with Crippen LogP contribution in [0.25, 0.3) is 0 Å². The Balaban J connectivity index is 3.57. The Kier molecular flexibility index (Phi) is 12.7. The molecule has 0 aromatic carbocycles. The zero-order valence-electron chi connectivity index (χ0n) is 12.0. The van der Waals surface area contributed by atoms with Gasteiger partial charge in [-0.25, -0.2) is 0 Å². The number of hydrogen-bond acceptors (Lipinski definition) is 0. The highest BCUT2D eigenvalue weighted by atomic mass is 14.0. The van der Waals surface area contributed by atoms with Crippen LogP contribution in [-0.4, -0.2) is 0 Å². The van der Waals surface area contributed by atoms with Crippen molar-refractivity contribution >= 4 is 0 Å². The minimum Gasteiger partial charge on any atom is -0.0877 e. The van der Waals surface area contributed by atoms with Gasteiger partial charge >= 0.3 is 0 Å². The predicted octanol–water partition coefficient (Wildman–Crippen LogP) is 6.21. The Hall–Kier alpha value is -0.780. The molecule has 0 bridgehead atoms. The smallest absolute Gasteiger partial charge is 0.0308 e. The summed E-state index contributed by atoms with van der Waals surface area (Å²) in [4.78, 5) is 0. The molecule has 0 atom stereocenters. The fraction of sp³-hybridized carbons (Fsp3) is 0.647. The average Bonchev–Trinajstić information content (AvgIpc) is 2.36. The first-order valence-electron chi connectivity index (χ1n) is 7.33. The molecule has 0 rings (SSSR count). The normalized spacial score (nSPS) is 13.0. The summed E-state index contributed by atoms with van der Waals surface area (Å²) in [5, 5.41) is 0. The van der Waals surface area contributed by atoms with E-state index in [2.05, 4.69) is 51.2 Å². The average molecular weight is 234 g/mol. The largest absolute Gasteiger partial charge is 0.0877 e. The van der Waals surface area contributed by atoms with Crippen molar-refractivity contribution in [1.82, 2.24) is 0 Å². The number of unbranched alkanes of at least 4 members (excludes halogenated alkanes) is 6. The molecule has 0 unspecified atom stereocenters. The summed E-state index contributed by atoms with van der Waals surface area (Å²) in [6, 6.07) is 0. The molecular formula is C17H30. The van der Waals surface area contributed by atoms with Crippen LogP contribution < -0.4 is 0 Å². The minimum atomic E-state index is 1.12. The van der Waals surface area contributed by atoms with E-state index < -0.39 is 0 Å². The summed E-state index contributed by atoms with van der Waals surface area (Å²) in [7, 11) is 0.